The van der Waals surface area contributed by atoms with Crippen LogP contribution < -0.4 is 5.32 Å². The Morgan fingerprint density at radius 2 is 2.00 bits per heavy atom. The van der Waals surface area contributed by atoms with Gasteiger partial charge in [-0.25, -0.2) is 0 Å². The molecule has 2 rings (SSSR count). The minimum atomic E-state index is -0.0928. The number of anilines is 1. The summed E-state index contributed by atoms with van der Waals surface area (Å²) < 4.78 is 0. The Balaban J connectivity index is 1.99. The summed E-state index contributed by atoms with van der Waals surface area (Å²) in [6.45, 7) is 7.39. The molecule has 0 amide bonds. The molecule has 1 aromatic rings. The summed E-state index contributed by atoms with van der Waals surface area (Å²) >= 11 is 0. The fourth-order valence-electron chi connectivity index (χ4n) is 2.48. The smallest absolute Gasteiger partial charge is 0.0564 e. The third kappa shape index (κ3) is 4.22. The van der Waals surface area contributed by atoms with Crippen LogP contribution in [0.25, 0.3) is 0 Å². The van der Waals surface area contributed by atoms with Crippen molar-refractivity contribution >= 4 is 5.69 Å². The monoisotopic (exact) mass is 262 g/mol. The zero-order chi connectivity index (χ0) is 13.7. The van der Waals surface area contributed by atoms with Crippen LogP contribution in [0.3, 0.4) is 0 Å². The maximum absolute atomic E-state index is 9.56. The summed E-state index contributed by atoms with van der Waals surface area (Å²) in [5.74, 6) is 0. The highest BCUT2D eigenvalue weighted by Crippen LogP contribution is 2.21. The summed E-state index contributed by atoms with van der Waals surface area (Å²) in [5, 5.41) is 13.1. The van der Waals surface area contributed by atoms with Gasteiger partial charge in [0.15, 0.2) is 0 Å². The number of nitrogens with one attached hydrogen (secondary N) is 1. The number of rotatable bonds is 5. The standard InChI is InChI=1S/C16H26N2O/c1-3-13(2)17-16-7-5-4-6-14(16)12-18-10-8-15(19)9-11-18/h4-7,13,15,17,19H,3,8-12H2,1-2H3. The van der Waals surface area contributed by atoms with Crippen molar-refractivity contribution in [3.05, 3.63) is 29.8 Å². The largest absolute Gasteiger partial charge is 0.393 e. The minimum absolute atomic E-state index is 0.0928. The van der Waals surface area contributed by atoms with Crippen LogP contribution in [0.4, 0.5) is 5.69 Å². The van der Waals surface area contributed by atoms with Gasteiger partial charge in [-0.2, -0.15) is 0 Å². The molecule has 0 aromatic heterocycles. The maximum Gasteiger partial charge on any atom is 0.0564 e. The van der Waals surface area contributed by atoms with Crippen molar-refractivity contribution in [2.45, 2.75) is 51.8 Å². The molecule has 1 aliphatic rings. The molecule has 0 saturated carbocycles. The van der Waals surface area contributed by atoms with Crippen molar-refractivity contribution < 1.29 is 5.11 Å². The zero-order valence-electron chi connectivity index (χ0n) is 12.1. The predicted molar refractivity (Wildman–Crippen MR) is 80.3 cm³/mol. The van der Waals surface area contributed by atoms with Gasteiger partial charge in [-0.3, -0.25) is 4.90 Å². The summed E-state index contributed by atoms with van der Waals surface area (Å²) in [6.07, 6.45) is 2.84. The highest BCUT2D eigenvalue weighted by atomic mass is 16.3. The van der Waals surface area contributed by atoms with E-state index in [1.54, 1.807) is 0 Å². The summed E-state index contributed by atoms with van der Waals surface area (Å²) in [4.78, 5) is 2.43. The Labute approximate surface area is 116 Å². The van der Waals surface area contributed by atoms with Gasteiger partial charge in [0, 0.05) is 31.4 Å². The lowest BCUT2D eigenvalue weighted by Gasteiger charge is -2.30. The van der Waals surface area contributed by atoms with E-state index in [9.17, 15) is 5.11 Å². The quantitative estimate of drug-likeness (QED) is 0.856. The number of piperidine rings is 1. The first-order chi connectivity index (χ1) is 9.19. The third-order valence-electron chi connectivity index (χ3n) is 3.98. The van der Waals surface area contributed by atoms with Crippen LogP contribution in [0, 0.1) is 0 Å². The molecule has 0 radical (unpaired) electrons. The molecule has 1 aromatic carbocycles. The molecule has 1 atom stereocenters. The van der Waals surface area contributed by atoms with E-state index in [0.29, 0.717) is 6.04 Å². The van der Waals surface area contributed by atoms with E-state index < -0.39 is 0 Å². The van der Waals surface area contributed by atoms with Gasteiger partial charge in [0.05, 0.1) is 6.10 Å². The number of aliphatic hydroxyl groups is 1. The molecule has 1 aliphatic heterocycles. The van der Waals surface area contributed by atoms with E-state index in [4.69, 9.17) is 0 Å². The lowest BCUT2D eigenvalue weighted by atomic mass is 10.1. The minimum Gasteiger partial charge on any atom is -0.393 e. The van der Waals surface area contributed by atoms with Gasteiger partial charge in [-0.15, -0.1) is 0 Å². The Morgan fingerprint density at radius 3 is 2.68 bits per heavy atom. The second-order valence-corrected chi connectivity index (χ2v) is 5.62. The number of likely N-dealkylation sites (tertiary alicyclic amines) is 1. The molecule has 3 nitrogen and oxygen atoms in total. The van der Waals surface area contributed by atoms with Crippen LogP contribution in [0.15, 0.2) is 24.3 Å². The Kier molecular flexibility index (Phi) is 5.23. The third-order valence-corrected chi connectivity index (χ3v) is 3.98. The van der Waals surface area contributed by atoms with E-state index in [0.717, 1.165) is 38.9 Å². The molecule has 3 heteroatoms. The molecule has 0 aliphatic carbocycles. The van der Waals surface area contributed by atoms with Gasteiger partial charge in [0.1, 0.15) is 0 Å². The normalized spacial score (nSPS) is 19.3. The molecule has 0 bridgehead atoms. The molecular formula is C16H26N2O. The predicted octanol–water partition coefficient (Wildman–Crippen LogP) is 2.85. The average Bonchev–Trinajstić information content (AvgIpc) is 2.43. The number of hydrogen-bond donors (Lipinski definition) is 2. The van der Waals surface area contributed by atoms with Gasteiger partial charge in [-0.1, -0.05) is 25.1 Å². The van der Waals surface area contributed by atoms with Crippen molar-refractivity contribution in [1.82, 2.24) is 4.90 Å². The highest BCUT2D eigenvalue weighted by molar-refractivity contribution is 5.51. The number of para-hydroxylation sites is 1. The first kappa shape index (κ1) is 14.4. The lowest BCUT2D eigenvalue weighted by Crippen LogP contribution is -2.35. The van der Waals surface area contributed by atoms with Crippen molar-refractivity contribution in [3.8, 4) is 0 Å². The molecule has 1 saturated heterocycles. The Morgan fingerprint density at radius 1 is 1.32 bits per heavy atom. The molecule has 1 fully saturated rings. The summed E-state index contributed by atoms with van der Waals surface area (Å²) in [7, 11) is 0. The van der Waals surface area contributed by atoms with Crippen molar-refractivity contribution in [3.63, 3.8) is 0 Å². The van der Waals surface area contributed by atoms with Crippen molar-refractivity contribution in [2.75, 3.05) is 18.4 Å². The maximum atomic E-state index is 9.56. The molecule has 1 heterocycles. The number of hydrogen-bond acceptors (Lipinski definition) is 3. The fraction of sp³-hybridized carbons (Fsp3) is 0.625. The number of benzene rings is 1. The summed E-state index contributed by atoms with van der Waals surface area (Å²) in [6, 6.07) is 9.07. The van der Waals surface area contributed by atoms with Gasteiger partial charge >= 0.3 is 0 Å². The Hall–Kier alpha value is -1.06. The van der Waals surface area contributed by atoms with Crippen LogP contribution >= 0.6 is 0 Å². The lowest BCUT2D eigenvalue weighted by molar-refractivity contribution is 0.0793. The second kappa shape index (κ2) is 6.92. The van der Waals surface area contributed by atoms with E-state index >= 15 is 0 Å². The van der Waals surface area contributed by atoms with Crippen LogP contribution in [-0.4, -0.2) is 35.2 Å². The topological polar surface area (TPSA) is 35.5 Å². The first-order valence-electron chi connectivity index (χ1n) is 7.44. The van der Waals surface area contributed by atoms with Crippen molar-refractivity contribution in [2.24, 2.45) is 0 Å². The van der Waals surface area contributed by atoms with Crippen LogP contribution in [-0.2, 0) is 6.54 Å². The van der Waals surface area contributed by atoms with E-state index in [2.05, 4.69) is 48.3 Å². The summed E-state index contributed by atoms with van der Waals surface area (Å²) in [5.41, 5.74) is 2.61. The molecule has 106 valence electrons. The molecule has 1 unspecified atom stereocenters. The average molecular weight is 262 g/mol. The zero-order valence-corrected chi connectivity index (χ0v) is 12.1. The second-order valence-electron chi connectivity index (χ2n) is 5.62. The number of aliphatic hydroxyl groups excluding tert-OH is 1. The first-order valence-corrected chi connectivity index (χ1v) is 7.44. The number of nitrogens with zero attached hydrogens (tertiary/aromatic N) is 1. The molecule has 19 heavy (non-hydrogen) atoms. The van der Waals surface area contributed by atoms with Crippen LogP contribution in [0.5, 0.6) is 0 Å². The van der Waals surface area contributed by atoms with Crippen LogP contribution in [0.1, 0.15) is 38.7 Å². The van der Waals surface area contributed by atoms with E-state index in [1.165, 1.54) is 11.3 Å². The fourth-order valence-corrected chi connectivity index (χ4v) is 2.48. The molecule has 0 spiro atoms. The molecule has 2 N–H and O–H groups in total. The van der Waals surface area contributed by atoms with E-state index in [-0.39, 0.29) is 6.10 Å². The SMILES string of the molecule is CCC(C)Nc1ccccc1CN1CCC(O)CC1. The van der Waals surface area contributed by atoms with Gasteiger partial charge in [-0.05, 0) is 37.8 Å². The Bertz CT molecular complexity index is 386. The van der Waals surface area contributed by atoms with Crippen LogP contribution in [0.2, 0.25) is 0 Å². The van der Waals surface area contributed by atoms with Crippen molar-refractivity contribution in [1.29, 1.82) is 0 Å². The van der Waals surface area contributed by atoms with Gasteiger partial charge in [0.25, 0.3) is 0 Å². The van der Waals surface area contributed by atoms with Gasteiger partial charge < -0.3 is 10.4 Å². The van der Waals surface area contributed by atoms with E-state index in [1.807, 2.05) is 0 Å². The molecular weight excluding hydrogens is 236 g/mol. The highest BCUT2D eigenvalue weighted by Gasteiger charge is 2.17. The van der Waals surface area contributed by atoms with Gasteiger partial charge in [0.2, 0.25) is 0 Å².